The third kappa shape index (κ3) is 2.11. The lowest BCUT2D eigenvalue weighted by molar-refractivity contribution is -0.159. The van der Waals surface area contributed by atoms with E-state index in [0.29, 0.717) is 13.0 Å². The highest BCUT2D eigenvalue weighted by atomic mass is 16.5. The molecule has 102 valence electrons. The largest absolute Gasteiger partial charge is 0.379 e. The van der Waals surface area contributed by atoms with Gasteiger partial charge in [0, 0.05) is 6.61 Å². The molecule has 18 heavy (non-hydrogen) atoms. The van der Waals surface area contributed by atoms with Crippen LogP contribution in [0.15, 0.2) is 0 Å². The van der Waals surface area contributed by atoms with E-state index < -0.39 is 11.6 Å². The molecule has 0 aromatic carbocycles. The molecule has 0 aliphatic carbocycles. The minimum absolute atomic E-state index is 0.0209. The van der Waals surface area contributed by atoms with E-state index in [0.717, 1.165) is 19.4 Å². The Labute approximate surface area is 108 Å². The average Bonchev–Trinajstić information content (AvgIpc) is 2.38. The summed E-state index contributed by atoms with van der Waals surface area (Å²) in [6.07, 6.45) is 2.48. The Bertz CT molecular complexity index is 352. The van der Waals surface area contributed by atoms with E-state index in [-0.39, 0.29) is 17.9 Å². The van der Waals surface area contributed by atoms with Crippen LogP contribution in [0, 0.1) is 0 Å². The molecule has 2 saturated heterocycles. The van der Waals surface area contributed by atoms with Crippen molar-refractivity contribution >= 4 is 11.8 Å². The lowest BCUT2D eigenvalue weighted by Gasteiger charge is -2.47. The second-order valence-corrected chi connectivity index (χ2v) is 5.43. The fourth-order valence-corrected chi connectivity index (χ4v) is 2.68. The van der Waals surface area contributed by atoms with Gasteiger partial charge in [-0.25, -0.2) is 0 Å². The first kappa shape index (κ1) is 13.3. The SMILES string of the molecule is CCC1(C)NC(=O)C(C)N(C2CCCOC2)C1=O. The molecule has 3 unspecified atom stereocenters. The number of amides is 2. The summed E-state index contributed by atoms with van der Waals surface area (Å²) in [5, 5.41) is 2.84. The monoisotopic (exact) mass is 254 g/mol. The van der Waals surface area contributed by atoms with Crippen LogP contribution in [0.5, 0.6) is 0 Å². The van der Waals surface area contributed by atoms with E-state index in [1.54, 1.807) is 18.7 Å². The first-order valence-corrected chi connectivity index (χ1v) is 6.72. The minimum atomic E-state index is -0.763. The summed E-state index contributed by atoms with van der Waals surface area (Å²) in [6, 6.07) is -0.359. The molecule has 2 heterocycles. The van der Waals surface area contributed by atoms with Crippen LogP contribution in [0.4, 0.5) is 0 Å². The molecule has 1 N–H and O–H groups in total. The van der Waals surface area contributed by atoms with Gasteiger partial charge in [-0.15, -0.1) is 0 Å². The van der Waals surface area contributed by atoms with Gasteiger partial charge in [0.25, 0.3) is 0 Å². The second kappa shape index (κ2) is 4.88. The standard InChI is InChI=1S/C13H22N2O3/c1-4-13(3)12(17)15(9(2)11(16)14-13)10-6-5-7-18-8-10/h9-10H,4-8H2,1-3H3,(H,14,16). The van der Waals surface area contributed by atoms with Gasteiger partial charge in [-0.1, -0.05) is 6.92 Å². The normalized spacial score (nSPS) is 37.6. The summed E-state index contributed by atoms with van der Waals surface area (Å²) >= 11 is 0. The van der Waals surface area contributed by atoms with E-state index in [1.807, 2.05) is 6.92 Å². The van der Waals surface area contributed by atoms with Crippen molar-refractivity contribution in [3.05, 3.63) is 0 Å². The molecule has 2 rings (SSSR count). The fraction of sp³-hybridized carbons (Fsp3) is 0.846. The highest BCUT2D eigenvalue weighted by Gasteiger charge is 2.47. The summed E-state index contributed by atoms with van der Waals surface area (Å²) in [4.78, 5) is 26.3. The lowest BCUT2D eigenvalue weighted by Crippen LogP contribution is -2.70. The molecule has 2 aliphatic rings. The van der Waals surface area contributed by atoms with E-state index in [4.69, 9.17) is 4.74 Å². The maximum Gasteiger partial charge on any atom is 0.249 e. The summed E-state index contributed by atoms with van der Waals surface area (Å²) in [7, 11) is 0. The van der Waals surface area contributed by atoms with E-state index in [1.165, 1.54) is 0 Å². The van der Waals surface area contributed by atoms with Crippen molar-refractivity contribution in [3.8, 4) is 0 Å². The molecule has 0 aromatic heterocycles. The van der Waals surface area contributed by atoms with Crippen LogP contribution < -0.4 is 5.32 Å². The van der Waals surface area contributed by atoms with Crippen LogP contribution in [-0.4, -0.2) is 47.6 Å². The predicted octanol–water partition coefficient (Wildman–Crippen LogP) is 0.681. The van der Waals surface area contributed by atoms with Gasteiger partial charge in [0.15, 0.2) is 0 Å². The summed E-state index contributed by atoms with van der Waals surface area (Å²) in [5.74, 6) is -0.0443. The third-order valence-corrected chi connectivity index (χ3v) is 4.14. The summed E-state index contributed by atoms with van der Waals surface area (Å²) < 4.78 is 5.44. The number of ether oxygens (including phenoxy) is 1. The molecule has 0 spiro atoms. The summed E-state index contributed by atoms with van der Waals surface area (Å²) in [6.45, 7) is 6.81. The van der Waals surface area contributed by atoms with Crippen LogP contribution in [0.3, 0.4) is 0 Å². The van der Waals surface area contributed by atoms with Crippen molar-refractivity contribution in [2.45, 2.75) is 57.7 Å². The van der Waals surface area contributed by atoms with Gasteiger partial charge in [0.2, 0.25) is 11.8 Å². The van der Waals surface area contributed by atoms with Crippen LogP contribution in [0.1, 0.15) is 40.0 Å². The molecule has 0 radical (unpaired) electrons. The molecule has 2 aliphatic heterocycles. The zero-order valence-electron chi connectivity index (χ0n) is 11.4. The molecule has 5 nitrogen and oxygen atoms in total. The van der Waals surface area contributed by atoms with Gasteiger partial charge in [0.05, 0.1) is 12.6 Å². The van der Waals surface area contributed by atoms with E-state index in [2.05, 4.69) is 5.32 Å². The Balaban J connectivity index is 2.24. The van der Waals surface area contributed by atoms with Gasteiger partial charge in [0.1, 0.15) is 11.6 Å². The average molecular weight is 254 g/mol. The van der Waals surface area contributed by atoms with Crippen molar-refractivity contribution < 1.29 is 14.3 Å². The van der Waals surface area contributed by atoms with E-state index >= 15 is 0 Å². The molecular weight excluding hydrogens is 232 g/mol. The van der Waals surface area contributed by atoms with Gasteiger partial charge in [-0.2, -0.15) is 0 Å². The number of piperazine rings is 1. The Morgan fingerprint density at radius 3 is 2.78 bits per heavy atom. The van der Waals surface area contributed by atoms with Crippen LogP contribution in [-0.2, 0) is 14.3 Å². The number of nitrogens with one attached hydrogen (secondary N) is 1. The molecule has 0 aromatic rings. The Morgan fingerprint density at radius 1 is 1.50 bits per heavy atom. The van der Waals surface area contributed by atoms with Gasteiger partial charge < -0.3 is 15.0 Å². The number of carbonyl (C=O) groups is 2. The topological polar surface area (TPSA) is 58.6 Å². The number of nitrogens with zero attached hydrogens (tertiary/aromatic N) is 1. The molecule has 2 fully saturated rings. The van der Waals surface area contributed by atoms with Gasteiger partial charge in [-0.05, 0) is 33.1 Å². The smallest absolute Gasteiger partial charge is 0.249 e. The van der Waals surface area contributed by atoms with Gasteiger partial charge >= 0.3 is 0 Å². The lowest BCUT2D eigenvalue weighted by atomic mass is 9.90. The third-order valence-electron chi connectivity index (χ3n) is 4.14. The molecule has 5 heteroatoms. The quantitative estimate of drug-likeness (QED) is 0.788. The van der Waals surface area contributed by atoms with Crippen molar-refractivity contribution in [2.75, 3.05) is 13.2 Å². The summed E-state index contributed by atoms with van der Waals surface area (Å²) in [5.41, 5.74) is -0.763. The van der Waals surface area contributed by atoms with E-state index in [9.17, 15) is 9.59 Å². The Morgan fingerprint density at radius 2 is 2.22 bits per heavy atom. The predicted molar refractivity (Wildman–Crippen MR) is 67.0 cm³/mol. The maximum absolute atomic E-state index is 12.6. The zero-order chi connectivity index (χ0) is 13.3. The first-order chi connectivity index (χ1) is 8.49. The molecule has 3 atom stereocenters. The van der Waals surface area contributed by atoms with Crippen molar-refractivity contribution in [1.82, 2.24) is 10.2 Å². The number of hydrogen-bond acceptors (Lipinski definition) is 3. The molecule has 2 amide bonds. The maximum atomic E-state index is 12.6. The number of hydrogen-bond donors (Lipinski definition) is 1. The number of carbonyl (C=O) groups excluding carboxylic acids is 2. The first-order valence-electron chi connectivity index (χ1n) is 6.72. The molecule has 0 saturated carbocycles. The minimum Gasteiger partial charge on any atom is -0.379 e. The molecule has 0 bridgehead atoms. The van der Waals surface area contributed by atoms with Crippen molar-refractivity contribution in [1.29, 1.82) is 0 Å². The Hall–Kier alpha value is -1.10. The van der Waals surface area contributed by atoms with Gasteiger partial charge in [-0.3, -0.25) is 9.59 Å². The van der Waals surface area contributed by atoms with Crippen LogP contribution in [0.25, 0.3) is 0 Å². The highest BCUT2D eigenvalue weighted by molar-refractivity contribution is 5.99. The fourth-order valence-electron chi connectivity index (χ4n) is 2.68. The second-order valence-electron chi connectivity index (χ2n) is 5.43. The molecular formula is C13H22N2O3. The highest BCUT2D eigenvalue weighted by Crippen LogP contribution is 2.26. The van der Waals surface area contributed by atoms with Crippen LogP contribution in [0.2, 0.25) is 0 Å². The number of rotatable bonds is 2. The Kier molecular flexibility index (Phi) is 3.61. The zero-order valence-corrected chi connectivity index (χ0v) is 11.4. The van der Waals surface area contributed by atoms with Crippen molar-refractivity contribution in [2.24, 2.45) is 0 Å². The van der Waals surface area contributed by atoms with Crippen LogP contribution >= 0.6 is 0 Å². The van der Waals surface area contributed by atoms with Crippen molar-refractivity contribution in [3.63, 3.8) is 0 Å².